The van der Waals surface area contributed by atoms with Crippen molar-refractivity contribution in [2.45, 2.75) is 17.7 Å². The minimum Gasteiger partial charge on any atom is -0.379 e. The fourth-order valence-electron chi connectivity index (χ4n) is 2.84. The smallest absolute Gasteiger partial charge is 0.243 e. The van der Waals surface area contributed by atoms with E-state index < -0.39 is 10.0 Å². The van der Waals surface area contributed by atoms with Crippen LogP contribution in [-0.2, 0) is 26.0 Å². The number of benzene rings is 2. The molecule has 1 aliphatic heterocycles. The van der Waals surface area contributed by atoms with Crippen molar-refractivity contribution in [1.29, 1.82) is 0 Å². The maximum absolute atomic E-state index is 13.6. The minimum absolute atomic E-state index is 0.0986. The largest absolute Gasteiger partial charge is 0.379 e. The summed E-state index contributed by atoms with van der Waals surface area (Å²) in [5.41, 5.74) is 0.860. The zero-order chi connectivity index (χ0) is 19.3. The molecule has 1 N–H and O–H groups in total. The number of rotatable bonds is 6. The molecule has 0 unspecified atom stereocenters. The number of aryl methyl sites for hydroxylation is 1. The molecule has 1 aliphatic rings. The standard InChI is InChI=1S/C19H21FN2O4S/c20-18-7-2-1-4-15(18)8-9-19(23)21-16-5-3-6-17(14-16)27(24,25)22-10-12-26-13-11-22/h1-7,14H,8-13H2,(H,21,23). The van der Waals surface area contributed by atoms with Gasteiger partial charge in [-0.25, -0.2) is 12.8 Å². The van der Waals surface area contributed by atoms with Gasteiger partial charge in [-0.05, 0) is 36.2 Å². The first-order chi connectivity index (χ1) is 13.0. The van der Waals surface area contributed by atoms with Gasteiger partial charge < -0.3 is 10.1 Å². The molecule has 0 radical (unpaired) electrons. The van der Waals surface area contributed by atoms with Gasteiger partial charge in [-0.1, -0.05) is 24.3 Å². The Morgan fingerprint density at radius 3 is 2.59 bits per heavy atom. The Kier molecular flexibility index (Phi) is 6.20. The third-order valence-corrected chi connectivity index (χ3v) is 6.20. The average Bonchev–Trinajstić information content (AvgIpc) is 2.68. The van der Waals surface area contributed by atoms with E-state index in [0.717, 1.165) is 0 Å². The minimum atomic E-state index is -3.63. The van der Waals surface area contributed by atoms with Crippen LogP contribution in [0.3, 0.4) is 0 Å². The van der Waals surface area contributed by atoms with Crippen LogP contribution in [0.1, 0.15) is 12.0 Å². The van der Waals surface area contributed by atoms with Crippen molar-refractivity contribution in [3.8, 4) is 0 Å². The van der Waals surface area contributed by atoms with Crippen molar-refractivity contribution in [2.24, 2.45) is 0 Å². The van der Waals surface area contributed by atoms with Crippen molar-refractivity contribution < 1.29 is 22.3 Å². The van der Waals surface area contributed by atoms with Crippen molar-refractivity contribution in [3.63, 3.8) is 0 Å². The lowest BCUT2D eigenvalue weighted by Gasteiger charge is -2.26. The second-order valence-corrected chi connectivity index (χ2v) is 8.12. The summed E-state index contributed by atoms with van der Waals surface area (Å²) in [5, 5.41) is 2.68. The molecule has 1 fully saturated rings. The highest BCUT2D eigenvalue weighted by Crippen LogP contribution is 2.21. The zero-order valence-electron chi connectivity index (χ0n) is 14.7. The van der Waals surface area contributed by atoms with E-state index in [1.807, 2.05) is 0 Å². The number of hydrogen-bond acceptors (Lipinski definition) is 4. The highest BCUT2D eigenvalue weighted by molar-refractivity contribution is 7.89. The fraction of sp³-hybridized carbons (Fsp3) is 0.316. The van der Waals surface area contributed by atoms with Crippen molar-refractivity contribution in [1.82, 2.24) is 4.31 Å². The highest BCUT2D eigenvalue weighted by Gasteiger charge is 2.26. The number of sulfonamides is 1. The molecule has 1 heterocycles. The summed E-state index contributed by atoms with van der Waals surface area (Å²) in [5.74, 6) is -0.650. The van der Waals surface area contributed by atoms with E-state index in [1.165, 1.54) is 22.5 Å². The lowest BCUT2D eigenvalue weighted by Crippen LogP contribution is -2.40. The van der Waals surface area contributed by atoms with Gasteiger partial charge in [-0.2, -0.15) is 4.31 Å². The highest BCUT2D eigenvalue weighted by atomic mass is 32.2. The molecule has 2 aromatic rings. The predicted molar refractivity (Wildman–Crippen MR) is 99.4 cm³/mol. The van der Waals surface area contributed by atoms with E-state index in [0.29, 0.717) is 37.6 Å². The molecule has 3 rings (SSSR count). The van der Waals surface area contributed by atoms with Crippen LogP contribution in [0, 0.1) is 5.82 Å². The number of carbonyl (C=O) groups is 1. The number of amides is 1. The molecule has 0 saturated carbocycles. The van der Waals surface area contributed by atoms with Gasteiger partial charge in [-0.3, -0.25) is 4.79 Å². The number of morpholine rings is 1. The lowest BCUT2D eigenvalue weighted by atomic mass is 10.1. The van der Waals surface area contributed by atoms with Gasteiger partial charge in [-0.15, -0.1) is 0 Å². The Balaban J connectivity index is 1.65. The molecule has 8 heteroatoms. The van der Waals surface area contributed by atoms with Gasteiger partial charge in [0, 0.05) is 25.2 Å². The maximum atomic E-state index is 13.6. The van der Waals surface area contributed by atoms with Gasteiger partial charge in [0.25, 0.3) is 0 Å². The van der Waals surface area contributed by atoms with E-state index in [9.17, 15) is 17.6 Å². The Labute approximate surface area is 158 Å². The molecule has 0 atom stereocenters. The van der Waals surface area contributed by atoms with E-state index in [2.05, 4.69) is 5.32 Å². The summed E-state index contributed by atoms with van der Waals surface area (Å²) < 4.78 is 45.6. The second kappa shape index (κ2) is 8.60. The average molecular weight is 392 g/mol. The van der Waals surface area contributed by atoms with Crippen molar-refractivity contribution >= 4 is 21.6 Å². The molecule has 6 nitrogen and oxygen atoms in total. The van der Waals surface area contributed by atoms with Gasteiger partial charge in [0.05, 0.1) is 18.1 Å². The fourth-order valence-corrected chi connectivity index (χ4v) is 4.30. The molecule has 2 aromatic carbocycles. The van der Waals surface area contributed by atoms with Crippen LogP contribution in [0.15, 0.2) is 53.4 Å². The number of hydrogen-bond donors (Lipinski definition) is 1. The van der Waals surface area contributed by atoms with Crippen LogP contribution in [0.2, 0.25) is 0 Å². The molecule has 0 aromatic heterocycles. The molecule has 27 heavy (non-hydrogen) atoms. The summed E-state index contributed by atoms with van der Waals surface area (Å²) in [6.07, 6.45) is 0.367. The molecule has 0 bridgehead atoms. The number of ether oxygens (including phenoxy) is 1. The van der Waals surface area contributed by atoms with E-state index in [4.69, 9.17) is 4.74 Å². The lowest BCUT2D eigenvalue weighted by molar-refractivity contribution is -0.116. The van der Waals surface area contributed by atoms with Crippen molar-refractivity contribution in [2.75, 3.05) is 31.6 Å². The van der Waals surface area contributed by atoms with Gasteiger partial charge >= 0.3 is 0 Å². The SMILES string of the molecule is O=C(CCc1ccccc1F)Nc1cccc(S(=O)(=O)N2CCOCC2)c1. The van der Waals surface area contributed by atoms with E-state index >= 15 is 0 Å². The Morgan fingerprint density at radius 1 is 1.11 bits per heavy atom. The summed E-state index contributed by atoms with van der Waals surface area (Å²) in [6, 6.07) is 12.5. The molecule has 0 aliphatic carbocycles. The van der Waals surface area contributed by atoms with Crippen LogP contribution in [-0.4, -0.2) is 44.9 Å². The number of nitrogens with one attached hydrogen (secondary N) is 1. The monoisotopic (exact) mass is 392 g/mol. The molecule has 144 valence electrons. The Bertz CT molecular complexity index is 911. The number of nitrogens with zero attached hydrogens (tertiary/aromatic N) is 1. The quantitative estimate of drug-likeness (QED) is 0.819. The molecule has 0 spiro atoms. The Hall–Kier alpha value is -2.29. The topological polar surface area (TPSA) is 75.7 Å². The van der Waals surface area contributed by atoms with Crippen molar-refractivity contribution in [3.05, 3.63) is 59.9 Å². The van der Waals surface area contributed by atoms with E-state index in [1.54, 1.807) is 30.3 Å². The molecular weight excluding hydrogens is 371 g/mol. The number of carbonyl (C=O) groups excluding carboxylic acids is 1. The van der Waals surface area contributed by atoms with Crippen LogP contribution in [0.4, 0.5) is 10.1 Å². The Morgan fingerprint density at radius 2 is 1.85 bits per heavy atom. The number of halogens is 1. The van der Waals surface area contributed by atoms with Gasteiger partial charge in [0.2, 0.25) is 15.9 Å². The van der Waals surface area contributed by atoms with Crippen LogP contribution < -0.4 is 5.32 Å². The third-order valence-electron chi connectivity index (χ3n) is 4.30. The molecule has 1 saturated heterocycles. The van der Waals surface area contributed by atoms with Gasteiger partial charge in [0.15, 0.2) is 0 Å². The predicted octanol–water partition coefficient (Wildman–Crippen LogP) is 2.42. The number of anilines is 1. The first kappa shape index (κ1) is 19.5. The zero-order valence-corrected chi connectivity index (χ0v) is 15.5. The first-order valence-electron chi connectivity index (χ1n) is 8.68. The van der Waals surface area contributed by atoms with Crippen LogP contribution >= 0.6 is 0 Å². The molecular formula is C19H21FN2O4S. The van der Waals surface area contributed by atoms with E-state index in [-0.39, 0.29) is 29.5 Å². The molecule has 1 amide bonds. The van der Waals surface area contributed by atoms with Crippen LogP contribution in [0.25, 0.3) is 0 Å². The summed E-state index contributed by atoms with van der Waals surface area (Å²) >= 11 is 0. The second-order valence-electron chi connectivity index (χ2n) is 6.18. The summed E-state index contributed by atoms with van der Waals surface area (Å²) in [7, 11) is -3.63. The van der Waals surface area contributed by atoms with Gasteiger partial charge in [0.1, 0.15) is 5.82 Å². The van der Waals surface area contributed by atoms with Crippen LogP contribution in [0.5, 0.6) is 0 Å². The first-order valence-corrected chi connectivity index (χ1v) is 10.1. The third kappa shape index (κ3) is 4.91. The summed E-state index contributed by atoms with van der Waals surface area (Å²) in [6.45, 7) is 1.35. The maximum Gasteiger partial charge on any atom is 0.243 e. The normalized spacial score (nSPS) is 15.4. The summed E-state index contributed by atoms with van der Waals surface area (Å²) in [4.78, 5) is 12.3.